The first-order valence-electron chi connectivity index (χ1n) is 8.74. The summed E-state index contributed by atoms with van der Waals surface area (Å²) in [7, 11) is 1.55. The van der Waals surface area contributed by atoms with Crippen molar-refractivity contribution < 1.29 is 4.74 Å². The van der Waals surface area contributed by atoms with Crippen molar-refractivity contribution in [1.29, 1.82) is 0 Å². The quantitative estimate of drug-likeness (QED) is 0.542. The van der Waals surface area contributed by atoms with Gasteiger partial charge in [-0.1, -0.05) is 18.2 Å². The van der Waals surface area contributed by atoms with Crippen molar-refractivity contribution in [2.45, 2.75) is 19.3 Å². The molecule has 1 saturated heterocycles. The third kappa shape index (κ3) is 3.44. The minimum Gasteiger partial charge on any atom is -0.467 e. The Morgan fingerprint density at radius 2 is 2.00 bits per heavy atom. The van der Waals surface area contributed by atoms with Gasteiger partial charge in [0.15, 0.2) is 0 Å². The van der Waals surface area contributed by atoms with Crippen LogP contribution in [0, 0.1) is 0 Å². The first-order chi connectivity index (χ1) is 12.8. The molecule has 1 aliphatic heterocycles. The van der Waals surface area contributed by atoms with Crippen LogP contribution in [0.5, 0.6) is 6.01 Å². The maximum Gasteiger partial charge on any atom is 0.322 e. The van der Waals surface area contributed by atoms with Gasteiger partial charge in [0.05, 0.1) is 13.3 Å². The van der Waals surface area contributed by atoms with Gasteiger partial charge in [-0.05, 0) is 25.3 Å². The number of H-pyrrole nitrogens is 1. The van der Waals surface area contributed by atoms with E-state index >= 15 is 0 Å². The van der Waals surface area contributed by atoms with E-state index < -0.39 is 0 Å². The predicted molar refractivity (Wildman–Crippen MR) is 102 cm³/mol. The number of methoxy groups -OCH3 is 1. The smallest absolute Gasteiger partial charge is 0.322 e. The number of aromatic amines is 1. The topological polar surface area (TPSA) is 91.3 Å². The second-order valence-corrected chi connectivity index (χ2v) is 6.15. The van der Waals surface area contributed by atoms with E-state index in [0.717, 1.165) is 42.4 Å². The zero-order chi connectivity index (χ0) is 17.8. The second-order valence-electron chi connectivity index (χ2n) is 6.15. The molecular weight excluding hydrogens is 330 g/mol. The first-order valence-corrected chi connectivity index (χ1v) is 8.74. The lowest BCUT2D eigenvalue weighted by atomic mass is 10.1. The number of piperidine rings is 1. The molecule has 8 heteroatoms. The van der Waals surface area contributed by atoms with Gasteiger partial charge in [0.1, 0.15) is 0 Å². The van der Waals surface area contributed by atoms with Crippen molar-refractivity contribution in [3.8, 4) is 6.01 Å². The molecule has 0 atom stereocenters. The van der Waals surface area contributed by atoms with E-state index in [1.54, 1.807) is 13.3 Å². The number of aromatic nitrogens is 4. The number of para-hydroxylation sites is 1. The number of hydrogen-bond donors (Lipinski definition) is 2. The monoisotopic (exact) mass is 351 g/mol. The lowest BCUT2D eigenvalue weighted by molar-refractivity contribution is 0.378. The number of nitrogens with one attached hydrogen (secondary N) is 2. The van der Waals surface area contributed by atoms with Gasteiger partial charge < -0.3 is 14.6 Å². The van der Waals surface area contributed by atoms with Gasteiger partial charge >= 0.3 is 6.01 Å². The Bertz CT molecular complexity index is 915. The molecule has 26 heavy (non-hydrogen) atoms. The highest BCUT2D eigenvalue weighted by atomic mass is 16.5. The SMILES string of the molecule is COc1nc(N/N=C/c2c[nH]c3ccccc23)nc(N2CCCCC2)n1. The molecule has 8 nitrogen and oxygen atoms in total. The summed E-state index contributed by atoms with van der Waals surface area (Å²) in [4.78, 5) is 18.4. The highest BCUT2D eigenvalue weighted by molar-refractivity contribution is 5.99. The van der Waals surface area contributed by atoms with E-state index in [1.165, 1.54) is 6.42 Å². The van der Waals surface area contributed by atoms with Crippen LogP contribution in [-0.2, 0) is 0 Å². The molecule has 3 heterocycles. The van der Waals surface area contributed by atoms with Gasteiger partial charge in [0.2, 0.25) is 5.95 Å². The number of fused-ring (bicyclic) bond motifs is 1. The molecule has 0 aliphatic carbocycles. The molecule has 0 radical (unpaired) electrons. The zero-order valence-corrected chi connectivity index (χ0v) is 14.6. The third-order valence-corrected chi connectivity index (χ3v) is 4.41. The minimum absolute atomic E-state index is 0.283. The number of hydrogen-bond acceptors (Lipinski definition) is 7. The Kier molecular flexibility index (Phi) is 4.63. The average Bonchev–Trinajstić information content (AvgIpc) is 3.12. The van der Waals surface area contributed by atoms with E-state index in [9.17, 15) is 0 Å². The highest BCUT2D eigenvalue weighted by Gasteiger charge is 2.16. The zero-order valence-electron chi connectivity index (χ0n) is 14.6. The van der Waals surface area contributed by atoms with Crippen LogP contribution in [0.1, 0.15) is 24.8 Å². The highest BCUT2D eigenvalue weighted by Crippen LogP contribution is 2.19. The predicted octanol–water partition coefficient (Wildman–Crippen LogP) is 2.80. The van der Waals surface area contributed by atoms with Gasteiger partial charge in [-0.2, -0.15) is 20.1 Å². The summed E-state index contributed by atoms with van der Waals surface area (Å²) >= 11 is 0. The molecule has 3 aromatic rings. The van der Waals surface area contributed by atoms with Gasteiger partial charge in [-0.3, -0.25) is 0 Å². The normalized spacial score (nSPS) is 14.9. The second kappa shape index (κ2) is 7.38. The van der Waals surface area contributed by atoms with E-state index in [-0.39, 0.29) is 6.01 Å². The van der Waals surface area contributed by atoms with Gasteiger partial charge in [0, 0.05) is 35.8 Å². The lowest BCUT2D eigenvalue weighted by Gasteiger charge is -2.26. The molecule has 1 fully saturated rings. The summed E-state index contributed by atoms with van der Waals surface area (Å²) in [6.07, 6.45) is 7.21. The molecule has 134 valence electrons. The number of rotatable bonds is 5. The fourth-order valence-electron chi connectivity index (χ4n) is 3.08. The fourth-order valence-corrected chi connectivity index (χ4v) is 3.08. The van der Waals surface area contributed by atoms with Crippen molar-refractivity contribution in [3.05, 3.63) is 36.0 Å². The molecule has 4 rings (SSSR count). The summed E-state index contributed by atoms with van der Waals surface area (Å²) in [6.45, 7) is 1.90. The van der Waals surface area contributed by atoms with Crippen LogP contribution in [0.4, 0.5) is 11.9 Å². The molecule has 1 aliphatic rings. The number of benzene rings is 1. The van der Waals surface area contributed by atoms with E-state index in [4.69, 9.17) is 4.74 Å². The van der Waals surface area contributed by atoms with E-state index in [0.29, 0.717) is 11.9 Å². The summed E-state index contributed by atoms with van der Waals surface area (Å²) in [6, 6.07) is 8.36. The Morgan fingerprint density at radius 1 is 1.15 bits per heavy atom. The first kappa shape index (κ1) is 16.3. The number of anilines is 2. The molecule has 2 aromatic heterocycles. The Morgan fingerprint density at radius 3 is 2.85 bits per heavy atom. The summed E-state index contributed by atoms with van der Waals surface area (Å²) in [5, 5.41) is 5.39. The largest absolute Gasteiger partial charge is 0.467 e. The molecular formula is C18H21N7O. The van der Waals surface area contributed by atoms with Crippen LogP contribution in [0.2, 0.25) is 0 Å². The van der Waals surface area contributed by atoms with Gasteiger partial charge in [-0.25, -0.2) is 5.43 Å². The van der Waals surface area contributed by atoms with Crippen LogP contribution >= 0.6 is 0 Å². The number of hydrazone groups is 1. The number of ether oxygens (including phenoxy) is 1. The van der Waals surface area contributed by atoms with Crippen LogP contribution in [0.15, 0.2) is 35.6 Å². The molecule has 0 saturated carbocycles. The maximum atomic E-state index is 5.21. The fraction of sp³-hybridized carbons (Fsp3) is 0.333. The minimum atomic E-state index is 0.283. The van der Waals surface area contributed by atoms with Crippen molar-refractivity contribution >= 4 is 29.0 Å². The Labute approximate surface area is 151 Å². The van der Waals surface area contributed by atoms with E-state index in [2.05, 4.69) is 35.4 Å². The van der Waals surface area contributed by atoms with Gasteiger partial charge in [0.25, 0.3) is 5.95 Å². The third-order valence-electron chi connectivity index (χ3n) is 4.41. The number of nitrogens with zero attached hydrogens (tertiary/aromatic N) is 5. The maximum absolute atomic E-state index is 5.21. The molecule has 0 spiro atoms. The lowest BCUT2D eigenvalue weighted by Crippen LogP contribution is -2.31. The molecule has 2 N–H and O–H groups in total. The molecule has 0 unspecified atom stereocenters. The van der Waals surface area contributed by atoms with Crippen LogP contribution in [0.3, 0.4) is 0 Å². The van der Waals surface area contributed by atoms with Crippen molar-refractivity contribution in [1.82, 2.24) is 19.9 Å². The average molecular weight is 351 g/mol. The van der Waals surface area contributed by atoms with E-state index in [1.807, 2.05) is 30.5 Å². The molecule has 0 bridgehead atoms. The van der Waals surface area contributed by atoms with Crippen LogP contribution in [-0.4, -0.2) is 46.3 Å². The standard InChI is InChI=1S/C18H21N7O/c1-26-18-22-16(21-17(23-18)25-9-5-2-6-10-25)24-20-12-13-11-19-15-8-4-3-7-14(13)15/h3-4,7-8,11-12,19H,2,5-6,9-10H2,1H3,(H,21,22,23,24)/b20-12+. The molecule has 1 aromatic carbocycles. The van der Waals surface area contributed by atoms with Crippen molar-refractivity contribution in [2.24, 2.45) is 5.10 Å². The Balaban J connectivity index is 1.53. The van der Waals surface area contributed by atoms with Crippen molar-refractivity contribution in [2.75, 3.05) is 30.5 Å². The molecule has 0 amide bonds. The van der Waals surface area contributed by atoms with Crippen molar-refractivity contribution in [3.63, 3.8) is 0 Å². The Hall–Kier alpha value is -3.16. The van der Waals surface area contributed by atoms with Crippen LogP contribution < -0.4 is 15.1 Å². The summed E-state index contributed by atoms with van der Waals surface area (Å²) in [5.41, 5.74) is 4.95. The summed E-state index contributed by atoms with van der Waals surface area (Å²) < 4.78 is 5.21. The van der Waals surface area contributed by atoms with Gasteiger partial charge in [-0.15, -0.1) is 0 Å². The van der Waals surface area contributed by atoms with Crippen LogP contribution in [0.25, 0.3) is 10.9 Å². The summed E-state index contributed by atoms with van der Waals surface area (Å²) in [5.74, 6) is 0.995.